The Morgan fingerprint density at radius 3 is 1.85 bits per heavy atom. The highest BCUT2D eigenvalue weighted by atomic mass is 15.1. The van der Waals surface area contributed by atoms with Gasteiger partial charge >= 0.3 is 0 Å². The summed E-state index contributed by atoms with van der Waals surface area (Å²) < 4.78 is 0. The molecule has 0 aromatic heterocycles. The number of benzene rings is 8. The van der Waals surface area contributed by atoms with Crippen LogP contribution in [-0.4, -0.2) is 0 Å². The number of para-hydroxylation sites is 1. The van der Waals surface area contributed by atoms with Gasteiger partial charge in [-0.2, -0.15) is 0 Å². The highest BCUT2D eigenvalue weighted by molar-refractivity contribution is 6.22. The van der Waals surface area contributed by atoms with E-state index in [1.54, 1.807) is 0 Å². The number of nitrogens with zero attached hydrogens (tertiary/aromatic N) is 1. The third-order valence-corrected chi connectivity index (χ3v) is 10.0. The molecule has 0 atom stereocenters. The Hall–Kier alpha value is -5.66. The summed E-state index contributed by atoms with van der Waals surface area (Å²) in [5.74, 6) is 0. The van der Waals surface area contributed by atoms with Crippen molar-refractivity contribution in [3.63, 3.8) is 0 Å². The van der Waals surface area contributed by atoms with E-state index in [2.05, 4.69) is 183 Å². The highest BCUT2D eigenvalue weighted by Gasteiger charge is 2.38. The molecule has 1 nitrogen and oxygen atoms in total. The van der Waals surface area contributed by atoms with E-state index < -0.39 is 0 Å². The molecular weight excluding hydrogens is 555 g/mol. The minimum Gasteiger partial charge on any atom is -0.309 e. The Labute approximate surface area is 270 Å². The van der Waals surface area contributed by atoms with Crippen LogP contribution >= 0.6 is 0 Å². The minimum atomic E-state index is -0.103. The molecule has 46 heavy (non-hydrogen) atoms. The average molecular weight is 588 g/mol. The summed E-state index contributed by atoms with van der Waals surface area (Å²) in [4.78, 5) is 2.54. The van der Waals surface area contributed by atoms with Gasteiger partial charge in [0.1, 0.15) is 0 Å². The van der Waals surface area contributed by atoms with E-state index in [-0.39, 0.29) is 5.41 Å². The zero-order chi connectivity index (χ0) is 30.8. The predicted octanol–water partition coefficient (Wildman–Crippen LogP) is 12.6. The second kappa shape index (κ2) is 10.2. The zero-order valence-corrected chi connectivity index (χ0v) is 26.0. The van der Waals surface area contributed by atoms with Crippen LogP contribution in [0.5, 0.6) is 0 Å². The van der Waals surface area contributed by atoms with E-state index in [0.29, 0.717) is 0 Å². The molecule has 0 spiro atoms. The van der Waals surface area contributed by atoms with Crippen LogP contribution in [0.2, 0.25) is 0 Å². The van der Waals surface area contributed by atoms with Crippen LogP contribution < -0.4 is 4.90 Å². The van der Waals surface area contributed by atoms with Crippen LogP contribution in [0.1, 0.15) is 25.0 Å². The standard InChI is InChI=1S/C45H33N/c1-45(2)39-23-12-10-22-37(39)44-40(45)24-14-26-42(44)46(41-25-13-11-19-33(41)30-15-4-3-5-16-30)43-29-38-32-18-7-6-17-31(32)27-28-35(38)34-20-8-9-21-36(34)43/h3-29H,1-2H3. The molecule has 9 rings (SSSR count). The summed E-state index contributed by atoms with van der Waals surface area (Å²) in [7, 11) is 0. The second-order valence-electron chi connectivity index (χ2n) is 12.9. The van der Waals surface area contributed by atoms with Crippen LogP contribution in [0.3, 0.4) is 0 Å². The Kier molecular flexibility index (Phi) is 5.92. The SMILES string of the molecule is CC1(C)c2ccccc2-c2c(N(c3ccccc3-c3ccccc3)c3cc4c5ccccc5ccc4c4ccccc34)cccc21. The van der Waals surface area contributed by atoms with Gasteiger partial charge in [-0.3, -0.25) is 0 Å². The third kappa shape index (κ3) is 3.88. The largest absolute Gasteiger partial charge is 0.309 e. The van der Waals surface area contributed by atoms with Gasteiger partial charge in [0.05, 0.1) is 17.1 Å². The first kappa shape index (κ1) is 26.7. The van der Waals surface area contributed by atoms with E-state index >= 15 is 0 Å². The Morgan fingerprint density at radius 2 is 1.00 bits per heavy atom. The predicted molar refractivity (Wildman–Crippen MR) is 197 cm³/mol. The van der Waals surface area contributed by atoms with Crippen molar-refractivity contribution in [2.24, 2.45) is 0 Å². The van der Waals surface area contributed by atoms with E-state index in [4.69, 9.17) is 0 Å². The third-order valence-electron chi connectivity index (χ3n) is 10.0. The summed E-state index contributed by atoms with van der Waals surface area (Å²) in [5, 5.41) is 7.56. The van der Waals surface area contributed by atoms with Gasteiger partial charge in [0.15, 0.2) is 0 Å². The monoisotopic (exact) mass is 587 g/mol. The fourth-order valence-electron chi connectivity index (χ4n) is 7.87. The number of rotatable bonds is 4. The number of hydrogen-bond acceptors (Lipinski definition) is 1. The van der Waals surface area contributed by atoms with Crippen LogP contribution in [0.25, 0.3) is 54.6 Å². The van der Waals surface area contributed by atoms with Crippen molar-refractivity contribution in [2.45, 2.75) is 19.3 Å². The van der Waals surface area contributed by atoms with Gasteiger partial charge in [-0.15, -0.1) is 0 Å². The molecule has 8 aromatic rings. The maximum Gasteiger partial charge on any atom is 0.0547 e. The molecule has 0 saturated heterocycles. The summed E-state index contributed by atoms with van der Waals surface area (Å²) >= 11 is 0. The molecule has 0 radical (unpaired) electrons. The fraction of sp³-hybridized carbons (Fsp3) is 0.0667. The normalized spacial score (nSPS) is 13.2. The Bertz CT molecular complexity index is 2450. The van der Waals surface area contributed by atoms with Gasteiger partial charge in [-0.25, -0.2) is 0 Å². The first-order valence-electron chi connectivity index (χ1n) is 16.1. The van der Waals surface area contributed by atoms with Gasteiger partial charge in [0.25, 0.3) is 0 Å². The van der Waals surface area contributed by atoms with Gasteiger partial charge in [0, 0.05) is 21.9 Å². The number of fused-ring (bicyclic) bond motifs is 8. The molecule has 1 aliphatic carbocycles. The van der Waals surface area contributed by atoms with Crippen molar-refractivity contribution >= 4 is 49.4 Å². The molecule has 0 amide bonds. The maximum absolute atomic E-state index is 2.54. The first-order valence-corrected chi connectivity index (χ1v) is 16.1. The van der Waals surface area contributed by atoms with Crippen molar-refractivity contribution in [3.8, 4) is 22.3 Å². The van der Waals surface area contributed by atoms with Crippen LogP contribution in [0, 0.1) is 0 Å². The maximum atomic E-state index is 2.54. The molecule has 0 heterocycles. The molecule has 0 saturated carbocycles. The smallest absolute Gasteiger partial charge is 0.0547 e. The van der Waals surface area contributed by atoms with Crippen LogP contribution in [-0.2, 0) is 5.41 Å². The summed E-state index contributed by atoms with van der Waals surface area (Å²) in [6, 6.07) is 60.2. The summed E-state index contributed by atoms with van der Waals surface area (Å²) in [5.41, 5.74) is 11.2. The summed E-state index contributed by atoms with van der Waals surface area (Å²) in [6.45, 7) is 4.72. The van der Waals surface area contributed by atoms with Crippen molar-refractivity contribution in [3.05, 3.63) is 175 Å². The quantitative estimate of drug-likeness (QED) is 0.185. The highest BCUT2D eigenvalue weighted by Crippen LogP contribution is 2.55. The van der Waals surface area contributed by atoms with Crippen molar-refractivity contribution < 1.29 is 0 Å². The van der Waals surface area contributed by atoms with Crippen LogP contribution in [0.4, 0.5) is 17.1 Å². The molecule has 0 fully saturated rings. The van der Waals surface area contributed by atoms with Gasteiger partial charge in [0.2, 0.25) is 0 Å². The Morgan fingerprint density at radius 1 is 0.391 bits per heavy atom. The van der Waals surface area contributed by atoms with E-state index in [1.807, 2.05) is 0 Å². The second-order valence-corrected chi connectivity index (χ2v) is 12.9. The van der Waals surface area contributed by atoms with Crippen molar-refractivity contribution in [2.75, 3.05) is 4.90 Å². The van der Waals surface area contributed by atoms with E-state index in [9.17, 15) is 0 Å². The Balaban J connectivity index is 1.45. The van der Waals surface area contributed by atoms with Crippen LogP contribution in [0.15, 0.2) is 164 Å². The molecule has 1 aliphatic rings. The first-order chi connectivity index (χ1) is 22.6. The van der Waals surface area contributed by atoms with E-state index in [0.717, 1.165) is 5.69 Å². The molecule has 218 valence electrons. The average Bonchev–Trinajstić information content (AvgIpc) is 3.35. The molecule has 0 aliphatic heterocycles. The minimum absolute atomic E-state index is 0.103. The lowest BCUT2D eigenvalue weighted by molar-refractivity contribution is 0.660. The fourth-order valence-corrected chi connectivity index (χ4v) is 7.87. The van der Waals surface area contributed by atoms with Crippen molar-refractivity contribution in [1.82, 2.24) is 0 Å². The topological polar surface area (TPSA) is 3.24 Å². The molecule has 0 unspecified atom stereocenters. The van der Waals surface area contributed by atoms with Gasteiger partial charge in [-0.05, 0) is 67.4 Å². The zero-order valence-electron chi connectivity index (χ0n) is 26.0. The molecule has 0 N–H and O–H groups in total. The molecule has 0 bridgehead atoms. The van der Waals surface area contributed by atoms with E-state index in [1.165, 1.54) is 77.1 Å². The number of hydrogen-bond donors (Lipinski definition) is 0. The lowest BCUT2D eigenvalue weighted by Gasteiger charge is -2.32. The van der Waals surface area contributed by atoms with Gasteiger partial charge in [-0.1, -0.05) is 159 Å². The van der Waals surface area contributed by atoms with Crippen molar-refractivity contribution in [1.29, 1.82) is 0 Å². The summed E-state index contributed by atoms with van der Waals surface area (Å²) in [6.07, 6.45) is 0. The molecular formula is C45H33N. The molecule has 8 aromatic carbocycles. The molecule has 1 heteroatoms. The van der Waals surface area contributed by atoms with Gasteiger partial charge < -0.3 is 4.90 Å². The lowest BCUT2D eigenvalue weighted by Crippen LogP contribution is -2.16. The number of anilines is 3. The lowest BCUT2D eigenvalue weighted by atomic mass is 9.82.